The zero-order chi connectivity index (χ0) is 21.0. The Hall–Kier alpha value is -2.37. The highest BCUT2D eigenvalue weighted by Gasteiger charge is 2.20. The van der Waals surface area contributed by atoms with Gasteiger partial charge in [0.1, 0.15) is 0 Å². The second-order valence-corrected chi connectivity index (χ2v) is 7.93. The van der Waals surface area contributed by atoms with Crippen LogP contribution < -0.4 is 10.6 Å². The van der Waals surface area contributed by atoms with E-state index < -0.39 is 0 Å². The lowest BCUT2D eigenvalue weighted by Crippen LogP contribution is -2.48. The molecule has 1 aliphatic rings. The van der Waals surface area contributed by atoms with Crippen molar-refractivity contribution in [2.45, 2.75) is 51.9 Å². The third-order valence-electron chi connectivity index (χ3n) is 5.57. The number of ether oxygens (including phenoxy) is 1. The third-order valence-corrected chi connectivity index (χ3v) is 5.57. The van der Waals surface area contributed by atoms with Crippen LogP contribution in [0.15, 0.2) is 59.6 Å². The molecule has 0 unspecified atom stereocenters. The van der Waals surface area contributed by atoms with Gasteiger partial charge in [-0.3, -0.25) is 9.89 Å². The van der Waals surface area contributed by atoms with Crippen LogP contribution in [0.25, 0.3) is 0 Å². The summed E-state index contributed by atoms with van der Waals surface area (Å²) in [4.78, 5) is 6.98. The fraction of sp³-hybridized carbons (Fsp3) is 0.480. The van der Waals surface area contributed by atoms with E-state index in [2.05, 4.69) is 82.0 Å². The number of hydrogen-bond donors (Lipinski definition) is 2. The minimum absolute atomic E-state index is 0.464. The van der Waals surface area contributed by atoms with E-state index in [-0.39, 0.29) is 0 Å². The van der Waals surface area contributed by atoms with Crippen molar-refractivity contribution in [3.8, 4) is 0 Å². The molecule has 0 bridgehead atoms. The molecule has 0 aromatic heterocycles. The van der Waals surface area contributed by atoms with Gasteiger partial charge in [0, 0.05) is 45.9 Å². The molecule has 0 radical (unpaired) electrons. The van der Waals surface area contributed by atoms with E-state index in [0.29, 0.717) is 12.6 Å². The normalized spacial score (nSPS) is 15.9. The maximum Gasteiger partial charge on any atom is 0.191 e. The first-order chi connectivity index (χ1) is 14.8. The van der Waals surface area contributed by atoms with Crippen molar-refractivity contribution in [3.63, 3.8) is 0 Å². The predicted octanol–water partition coefficient (Wildman–Crippen LogP) is 3.94. The topological polar surface area (TPSA) is 48.9 Å². The fourth-order valence-electron chi connectivity index (χ4n) is 3.84. The zero-order valence-corrected chi connectivity index (χ0v) is 18.4. The summed E-state index contributed by atoms with van der Waals surface area (Å²) in [5.41, 5.74) is 3.89. The van der Waals surface area contributed by atoms with Crippen molar-refractivity contribution in [2.24, 2.45) is 4.99 Å². The van der Waals surface area contributed by atoms with Crippen LogP contribution in [0.2, 0.25) is 0 Å². The van der Waals surface area contributed by atoms with Gasteiger partial charge in [-0.1, -0.05) is 61.5 Å². The quantitative estimate of drug-likeness (QED) is 0.375. The molecule has 2 aromatic carbocycles. The Labute approximate surface area is 181 Å². The van der Waals surface area contributed by atoms with Crippen molar-refractivity contribution >= 4 is 5.96 Å². The van der Waals surface area contributed by atoms with E-state index >= 15 is 0 Å². The highest BCUT2D eigenvalue weighted by molar-refractivity contribution is 5.80. The summed E-state index contributed by atoms with van der Waals surface area (Å²) >= 11 is 0. The molecule has 30 heavy (non-hydrogen) atoms. The van der Waals surface area contributed by atoms with Crippen molar-refractivity contribution < 1.29 is 4.74 Å². The van der Waals surface area contributed by atoms with Gasteiger partial charge in [-0.2, -0.15) is 0 Å². The van der Waals surface area contributed by atoms with Gasteiger partial charge in [-0.15, -0.1) is 0 Å². The van der Waals surface area contributed by atoms with Gasteiger partial charge < -0.3 is 15.4 Å². The first-order valence-corrected chi connectivity index (χ1v) is 11.2. The average Bonchev–Trinajstić information content (AvgIpc) is 2.79. The summed E-state index contributed by atoms with van der Waals surface area (Å²) in [7, 11) is 1.84. The van der Waals surface area contributed by atoms with E-state index in [0.717, 1.165) is 58.0 Å². The van der Waals surface area contributed by atoms with E-state index in [4.69, 9.17) is 4.74 Å². The fourth-order valence-corrected chi connectivity index (χ4v) is 3.84. The number of likely N-dealkylation sites (tertiary alicyclic amines) is 1. The van der Waals surface area contributed by atoms with Gasteiger partial charge in [0.15, 0.2) is 5.96 Å². The monoisotopic (exact) mass is 408 g/mol. The largest absolute Gasteiger partial charge is 0.377 e. The molecule has 5 nitrogen and oxygen atoms in total. The Morgan fingerprint density at radius 1 is 1.03 bits per heavy atom. The zero-order valence-electron chi connectivity index (χ0n) is 18.4. The van der Waals surface area contributed by atoms with E-state index in [1.54, 1.807) is 0 Å². The Balaban J connectivity index is 1.43. The highest BCUT2D eigenvalue weighted by Crippen LogP contribution is 2.14. The molecule has 0 amide bonds. The lowest BCUT2D eigenvalue weighted by atomic mass is 10.0. The van der Waals surface area contributed by atoms with Crippen molar-refractivity contribution in [3.05, 3.63) is 71.3 Å². The molecular formula is C25H36N4O. The van der Waals surface area contributed by atoms with E-state index in [1.165, 1.54) is 16.7 Å². The molecule has 1 saturated heterocycles. The van der Waals surface area contributed by atoms with Gasteiger partial charge in [0.05, 0.1) is 6.61 Å². The first kappa shape index (κ1) is 22.3. The number of nitrogens with one attached hydrogen (secondary N) is 2. The van der Waals surface area contributed by atoms with E-state index in [9.17, 15) is 0 Å². The second kappa shape index (κ2) is 12.4. The molecule has 0 saturated carbocycles. The first-order valence-electron chi connectivity index (χ1n) is 11.2. The maximum absolute atomic E-state index is 5.74. The Bertz CT molecular complexity index is 770. The predicted molar refractivity (Wildman–Crippen MR) is 124 cm³/mol. The van der Waals surface area contributed by atoms with Crippen LogP contribution in [0, 0.1) is 0 Å². The minimum atomic E-state index is 0.464. The number of rotatable bonds is 9. The number of piperidine rings is 1. The van der Waals surface area contributed by atoms with Crippen LogP contribution in [-0.4, -0.2) is 43.6 Å². The van der Waals surface area contributed by atoms with Gasteiger partial charge in [-0.05, 0) is 36.0 Å². The summed E-state index contributed by atoms with van der Waals surface area (Å²) in [5.74, 6) is 0.876. The molecule has 2 N–H and O–H groups in total. The second-order valence-electron chi connectivity index (χ2n) is 7.93. The number of hydrogen-bond acceptors (Lipinski definition) is 3. The summed E-state index contributed by atoms with van der Waals surface area (Å²) in [6.45, 7) is 7.61. The number of aliphatic imine (C=N–C) groups is 1. The Morgan fingerprint density at radius 2 is 1.73 bits per heavy atom. The SMILES string of the molecule is CCCOCc1ccccc1CNC(=NC)NC1CCN(Cc2ccccc2)CC1. The number of guanidine groups is 1. The molecular weight excluding hydrogens is 372 g/mol. The van der Waals surface area contributed by atoms with Crippen LogP contribution in [0.5, 0.6) is 0 Å². The standard InChI is InChI=1S/C25H36N4O/c1-3-17-30-20-23-12-8-7-11-22(23)18-27-25(26-2)28-24-13-15-29(16-14-24)19-21-9-5-4-6-10-21/h4-12,24H,3,13-20H2,1-2H3,(H2,26,27,28). The van der Waals surface area contributed by atoms with Crippen LogP contribution in [0.3, 0.4) is 0 Å². The van der Waals surface area contributed by atoms with Crippen LogP contribution >= 0.6 is 0 Å². The Morgan fingerprint density at radius 3 is 2.43 bits per heavy atom. The molecule has 3 rings (SSSR count). The molecule has 0 spiro atoms. The molecule has 1 fully saturated rings. The molecule has 0 atom stereocenters. The molecule has 162 valence electrons. The van der Waals surface area contributed by atoms with E-state index in [1.807, 2.05) is 7.05 Å². The average molecular weight is 409 g/mol. The Kier molecular flexibility index (Phi) is 9.19. The van der Waals surface area contributed by atoms with Crippen molar-refractivity contribution in [1.82, 2.24) is 15.5 Å². The van der Waals surface area contributed by atoms with Gasteiger partial charge in [0.2, 0.25) is 0 Å². The third kappa shape index (κ3) is 7.15. The summed E-state index contributed by atoms with van der Waals surface area (Å²) in [6, 6.07) is 19.7. The lowest BCUT2D eigenvalue weighted by Gasteiger charge is -2.33. The van der Waals surface area contributed by atoms with Gasteiger partial charge in [0.25, 0.3) is 0 Å². The van der Waals surface area contributed by atoms with Crippen molar-refractivity contribution in [1.29, 1.82) is 0 Å². The van der Waals surface area contributed by atoms with Crippen molar-refractivity contribution in [2.75, 3.05) is 26.7 Å². The number of nitrogens with zero attached hydrogens (tertiary/aromatic N) is 2. The lowest BCUT2D eigenvalue weighted by molar-refractivity contribution is 0.121. The molecule has 1 aliphatic heterocycles. The molecule has 5 heteroatoms. The summed E-state index contributed by atoms with van der Waals surface area (Å²) in [5, 5.41) is 7.10. The molecule has 0 aliphatic carbocycles. The molecule has 2 aromatic rings. The molecule has 1 heterocycles. The van der Waals surface area contributed by atoms with Crippen LogP contribution in [0.4, 0.5) is 0 Å². The van der Waals surface area contributed by atoms with Gasteiger partial charge >= 0.3 is 0 Å². The highest BCUT2D eigenvalue weighted by atomic mass is 16.5. The summed E-state index contributed by atoms with van der Waals surface area (Å²) < 4.78 is 5.74. The van der Waals surface area contributed by atoms with Crippen LogP contribution in [-0.2, 0) is 24.4 Å². The van der Waals surface area contributed by atoms with Gasteiger partial charge in [-0.25, -0.2) is 0 Å². The minimum Gasteiger partial charge on any atom is -0.377 e. The maximum atomic E-state index is 5.74. The smallest absolute Gasteiger partial charge is 0.191 e. The summed E-state index contributed by atoms with van der Waals surface area (Å²) in [6.07, 6.45) is 3.31. The number of benzene rings is 2. The van der Waals surface area contributed by atoms with Crippen LogP contribution in [0.1, 0.15) is 42.9 Å².